The Labute approximate surface area is 122 Å². The van der Waals surface area contributed by atoms with Crippen LogP contribution in [0.1, 0.15) is 16.6 Å². The highest BCUT2D eigenvalue weighted by molar-refractivity contribution is 7.18. The summed E-state index contributed by atoms with van der Waals surface area (Å²) in [5.74, 6) is 0.0773. The van der Waals surface area contributed by atoms with Crippen LogP contribution in [0.25, 0.3) is 0 Å². The Morgan fingerprint density at radius 2 is 2.25 bits per heavy atom. The summed E-state index contributed by atoms with van der Waals surface area (Å²) in [5.41, 5.74) is 5.88. The number of carbonyl (C=O) groups is 1. The third kappa shape index (κ3) is 3.02. The summed E-state index contributed by atoms with van der Waals surface area (Å²) < 4.78 is 0. The molecule has 0 bridgehead atoms. The summed E-state index contributed by atoms with van der Waals surface area (Å²) >= 11 is 1.32. The van der Waals surface area contributed by atoms with Crippen LogP contribution < -0.4 is 16.0 Å². The van der Waals surface area contributed by atoms with Crippen molar-refractivity contribution in [3.05, 3.63) is 4.88 Å². The molecule has 0 saturated carbocycles. The van der Waals surface area contributed by atoms with E-state index in [-0.39, 0.29) is 24.4 Å². The highest BCUT2D eigenvalue weighted by atomic mass is 32.1. The van der Waals surface area contributed by atoms with Crippen molar-refractivity contribution in [2.75, 3.05) is 50.5 Å². The molecule has 8 heteroatoms. The van der Waals surface area contributed by atoms with Crippen molar-refractivity contribution in [3.8, 4) is 0 Å². The lowest BCUT2D eigenvalue weighted by Crippen LogP contribution is -2.43. The van der Waals surface area contributed by atoms with Crippen molar-refractivity contribution in [2.24, 2.45) is 0 Å². The van der Waals surface area contributed by atoms with E-state index in [4.69, 9.17) is 10.8 Å². The number of nitrogens with zero attached hydrogens (tertiary/aromatic N) is 3. The number of thiazole rings is 1. The molecular formula is C12H21N5O2S. The molecule has 2 rings (SSSR count). The van der Waals surface area contributed by atoms with Crippen molar-refractivity contribution in [1.29, 1.82) is 0 Å². The van der Waals surface area contributed by atoms with E-state index in [1.807, 2.05) is 0 Å². The average molecular weight is 299 g/mol. The lowest BCUT2D eigenvalue weighted by molar-refractivity contribution is 0.0688. The van der Waals surface area contributed by atoms with Gasteiger partial charge in [0.05, 0.1) is 12.6 Å². The Bertz CT molecular complexity index is 472. The number of likely N-dealkylation sites (N-methyl/N-ethyl adjacent to an activating group) is 1. The van der Waals surface area contributed by atoms with Crippen LogP contribution in [0.5, 0.6) is 0 Å². The molecule has 0 radical (unpaired) electrons. The minimum atomic E-state index is -0.244. The molecule has 1 saturated heterocycles. The van der Waals surface area contributed by atoms with E-state index < -0.39 is 0 Å². The zero-order chi connectivity index (χ0) is 14.7. The maximum atomic E-state index is 12.3. The van der Waals surface area contributed by atoms with E-state index in [0.717, 1.165) is 31.3 Å². The normalized spacial score (nSPS) is 17.1. The largest absolute Gasteiger partial charge is 0.394 e. The van der Waals surface area contributed by atoms with Gasteiger partial charge in [0.25, 0.3) is 5.91 Å². The fourth-order valence-electron chi connectivity index (χ4n) is 1.95. The molecule has 2 heterocycles. The monoisotopic (exact) mass is 299 g/mol. The molecule has 0 aromatic carbocycles. The fourth-order valence-corrected chi connectivity index (χ4v) is 2.97. The van der Waals surface area contributed by atoms with E-state index in [2.05, 4.69) is 15.2 Å². The van der Waals surface area contributed by atoms with E-state index in [9.17, 15) is 4.79 Å². The van der Waals surface area contributed by atoms with Gasteiger partial charge in [0.2, 0.25) is 0 Å². The first-order chi connectivity index (χ1) is 9.54. The molecule has 1 aromatic heterocycles. The molecule has 1 atom stereocenters. The smallest absolute Gasteiger partial charge is 0.267 e. The third-order valence-electron chi connectivity index (χ3n) is 3.47. The molecule has 112 valence electrons. The Kier molecular flexibility index (Phi) is 4.79. The van der Waals surface area contributed by atoms with Gasteiger partial charge < -0.3 is 26.0 Å². The minimum absolute atomic E-state index is 0.0778. The van der Waals surface area contributed by atoms with Gasteiger partial charge in [-0.3, -0.25) is 4.79 Å². The van der Waals surface area contributed by atoms with Crippen LogP contribution in [0, 0.1) is 0 Å². The number of aromatic nitrogens is 1. The topological polar surface area (TPSA) is 94.7 Å². The van der Waals surface area contributed by atoms with Gasteiger partial charge >= 0.3 is 0 Å². The highest BCUT2D eigenvalue weighted by Gasteiger charge is 2.24. The fraction of sp³-hybridized carbons (Fsp3) is 0.667. The summed E-state index contributed by atoms with van der Waals surface area (Å²) in [6, 6.07) is -0.244. The molecule has 0 spiro atoms. The minimum Gasteiger partial charge on any atom is -0.394 e. The second-order valence-electron chi connectivity index (χ2n) is 4.90. The zero-order valence-electron chi connectivity index (χ0n) is 11.8. The van der Waals surface area contributed by atoms with Crippen LogP contribution in [-0.4, -0.2) is 66.8 Å². The number of nitrogen functional groups attached to an aromatic ring is 1. The molecule has 0 aliphatic carbocycles. The van der Waals surface area contributed by atoms with Gasteiger partial charge in [0.15, 0.2) is 5.13 Å². The van der Waals surface area contributed by atoms with Gasteiger partial charge in [-0.05, 0) is 6.92 Å². The van der Waals surface area contributed by atoms with E-state index >= 15 is 0 Å². The summed E-state index contributed by atoms with van der Waals surface area (Å²) in [4.78, 5) is 20.7. The third-order valence-corrected chi connectivity index (χ3v) is 4.59. The van der Waals surface area contributed by atoms with Gasteiger partial charge in [-0.25, -0.2) is 4.98 Å². The van der Waals surface area contributed by atoms with E-state index in [1.54, 1.807) is 14.0 Å². The van der Waals surface area contributed by atoms with Crippen molar-refractivity contribution in [1.82, 2.24) is 15.2 Å². The SMILES string of the molecule is CC(CO)N(C)C(=O)c1sc(N2CCNCC2)nc1N. The molecule has 1 aliphatic heterocycles. The number of piperazine rings is 1. The Balaban J connectivity index is 2.16. The van der Waals surface area contributed by atoms with Crippen LogP contribution in [-0.2, 0) is 0 Å². The molecular weight excluding hydrogens is 278 g/mol. The first-order valence-corrected chi connectivity index (χ1v) is 7.46. The number of aliphatic hydroxyl groups is 1. The first-order valence-electron chi connectivity index (χ1n) is 6.64. The quantitative estimate of drug-likeness (QED) is 0.699. The van der Waals surface area contributed by atoms with Gasteiger partial charge in [0.1, 0.15) is 10.7 Å². The highest BCUT2D eigenvalue weighted by Crippen LogP contribution is 2.29. The van der Waals surface area contributed by atoms with Crippen molar-refractivity contribution in [3.63, 3.8) is 0 Å². The maximum Gasteiger partial charge on any atom is 0.267 e. The molecule has 1 aromatic rings. The average Bonchev–Trinajstić information content (AvgIpc) is 2.87. The van der Waals surface area contributed by atoms with Gasteiger partial charge in [0, 0.05) is 33.2 Å². The van der Waals surface area contributed by atoms with Crippen LogP contribution >= 0.6 is 11.3 Å². The Morgan fingerprint density at radius 1 is 1.60 bits per heavy atom. The first kappa shape index (κ1) is 15.0. The number of hydrogen-bond acceptors (Lipinski definition) is 7. The molecule has 20 heavy (non-hydrogen) atoms. The number of rotatable bonds is 4. The molecule has 1 amide bonds. The lowest BCUT2D eigenvalue weighted by Gasteiger charge is -2.26. The number of anilines is 2. The number of nitrogens with one attached hydrogen (secondary N) is 1. The maximum absolute atomic E-state index is 12.3. The van der Waals surface area contributed by atoms with Crippen LogP contribution in [0.2, 0.25) is 0 Å². The Morgan fingerprint density at radius 3 is 2.85 bits per heavy atom. The molecule has 1 fully saturated rings. The second-order valence-corrected chi connectivity index (χ2v) is 5.87. The van der Waals surface area contributed by atoms with Crippen LogP contribution in [0.4, 0.5) is 10.9 Å². The number of aliphatic hydroxyl groups excluding tert-OH is 1. The predicted octanol–water partition coefficient (Wildman–Crippen LogP) is -0.412. The van der Waals surface area contributed by atoms with Crippen molar-refractivity contribution >= 4 is 28.2 Å². The van der Waals surface area contributed by atoms with Crippen molar-refractivity contribution < 1.29 is 9.90 Å². The van der Waals surface area contributed by atoms with Gasteiger partial charge in [-0.1, -0.05) is 11.3 Å². The van der Waals surface area contributed by atoms with E-state index in [1.165, 1.54) is 16.2 Å². The van der Waals surface area contributed by atoms with Crippen LogP contribution in [0.3, 0.4) is 0 Å². The molecule has 7 nitrogen and oxygen atoms in total. The van der Waals surface area contributed by atoms with Gasteiger partial charge in [-0.15, -0.1) is 0 Å². The number of amides is 1. The number of hydrogen-bond donors (Lipinski definition) is 3. The summed E-state index contributed by atoms with van der Waals surface area (Å²) in [6.45, 7) is 5.25. The number of carbonyl (C=O) groups excluding carboxylic acids is 1. The van der Waals surface area contributed by atoms with Gasteiger partial charge in [-0.2, -0.15) is 0 Å². The summed E-state index contributed by atoms with van der Waals surface area (Å²) in [7, 11) is 1.66. The predicted molar refractivity (Wildman–Crippen MR) is 80.3 cm³/mol. The molecule has 4 N–H and O–H groups in total. The number of nitrogens with two attached hydrogens (primary N) is 1. The second kappa shape index (κ2) is 6.38. The molecule has 1 unspecified atom stereocenters. The standard InChI is InChI=1S/C12H21N5O2S/c1-8(7-18)16(2)11(19)9-10(13)15-12(20-9)17-5-3-14-4-6-17/h8,14,18H,3-7,13H2,1-2H3. The summed E-state index contributed by atoms with van der Waals surface area (Å²) in [5, 5.41) is 13.2. The Hall–Kier alpha value is -1.38. The molecule has 1 aliphatic rings. The lowest BCUT2D eigenvalue weighted by atomic mass is 10.3. The van der Waals surface area contributed by atoms with E-state index in [0.29, 0.717) is 4.88 Å². The van der Waals surface area contributed by atoms with Crippen molar-refractivity contribution in [2.45, 2.75) is 13.0 Å². The zero-order valence-corrected chi connectivity index (χ0v) is 12.6. The van der Waals surface area contributed by atoms with Crippen LogP contribution in [0.15, 0.2) is 0 Å². The summed E-state index contributed by atoms with van der Waals surface area (Å²) in [6.07, 6.45) is 0.